The van der Waals surface area contributed by atoms with Crippen LogP contribution in [0.15, 0.2) is 114 Å². The van der Waals surface area contributed by atoms with Crippen molar-refractivity contribution < 1.29 is 22.4 Å². The SMILES string of the molecule is CNC(=O)[C@@H](Cc1ccccc1)N(Cc1ccccc1C)C(=O)CN(c1ccccc1)S(=O)(=O)c1ccc(F)cc1. The average Bonchev–Trinajstić information content (AvgIpc) is 2.99. The first-order valence-corrected chi connectivity index (χ1v) is 14.6. The van der Waals surface area contributed by atoms with Crippen LogP contribution in [0.4, 0.5) is 10.1 Å². The Bertz CT molecular complexity index is 1580. The summed E-state index contributed by atoms with van der Waals surface area (Å²) in [5, 5.41) is 2.67. The van der Waals surface area contributed by atoms with Crippen LogP contribution in [-0.4, -0.2) is 44.8 Å². The largest absolute Gasteiger partial charge is 0.357 e. The van der Waals surface area contributed by atoms with Crippen molar-refractivity contribution in [2.75, 3.05) is 17.9 Å². The molecule has 1 N–H and O–H groups in total. The maximum atomic E-state index is 14.2. The van der Waals surface area contributed by atoms with E-state index in [1.165, 1.54) is 24.1 Å². The number of sulfonamides is 1. The standard InChI is InChI=1S/C32H32FN3O4S/c1-24-11-9-10-14-26(24)22-35(30(32(38)34-2)21-25-12-5-3-6-13-25)31(37)23-36(28-15-7-4-8-16-28)41(39,40)29-19-17-27(33)18-20-29/h3-20,30H,21-23H2,1-2H3,(H,34,38)/t30-/m1/s1. The van der Waals surface area contributed by atoms with Gasteiger partial charge in [0, 0.05) is 20.0 Å². The number of nitrogens with zero attached hydrogens (tertiary/aromatic N) is 2. The molecule has 4 rings (SSSR count). The summed E-state index contributed by atoms with van der Waals surface area (Å²) >= 11 is 0. The monoisotopic (exact) mass is 573 g/mol. The second-order valence-corrected chi connectivity index (χ2v) is 11.4. The molecule has 0 saturated carbocycles. The highest BCUT2D eigenvalue weighted by Crippen LogP contribution is 2.25. The number of carbonyl (C=O) groups excluding carboxylic acids is 2. The number of hydrogen-bond donors (Lipinski definition) is 1. The van der Waals surface area contributed by atoms with Crippen LogP contribution < -0.4 is 9.62 Å². The number of hydrogen-bond acceptors (Lipinski definition) is 4. The highest BCUT2D eigenvalue weighted by atomic mass is 32.2. The van der Waals surface area contributed by atoms with Crippen molar-refractivity contribution in [1.82, 2.24) is 10.2 Å². The summed E-state index contributed by atoms with van der Waals surface area (Å²) in [5.74, 6) is -1.51. The smallest absolute Gasteiger partial charge is 0.264 e. The normalized spacial score (nSPS) is 11.9. The van der Waals surface area contributed by atoms with E-state index in [0.717, 1.165) is 33.1 Å². The summed E-state index contributed by atoms with van der Waals surface area (Å²) < 4.78 is 42.3. The Morgan fingerprint density at radius 1 is 0.829 bits per heavy atom. The molecule has 0 bridgehead atoms. The highest BCUT2D eigenvalue weighted by molar-refractivity contribution is 7.92. The molecule has 0 aromatic heterocycles. The first-order valence-electron chi connectivity index (χ1n) is 13.1. The van der Waals surface area contributed by atoms with Crippen molar-refractivity contribution >= 4 is 27.5 Å². The van der Waals surface area contributed by atoms with Gasteiger partial charge in [0.15, 0.2) is 0 Å². The quantitative estimate of drug-likeness (QED) is 0.282. The number of para-hydroxylation sites is 1. The van der Waals surface area contributed by atoms with E-state index in [-0.39, 0.29) is 29.5 Å². The molecule has 212 valence electrons. The first-order chi connectivity index (χ1) is 19.7. The number of carbonyl (C=O) groups is 2. The zero-order valence-corrected chi connectivity index (χ0v) is 23.7. The number of likely N-dealkylation sites (N-methyl/N-ethyl adjacent to an activating group) is 1. The van der Waals surface area contributed by atoms with Gasteiger partial charge in [0.25, 0.3) is 10.0 Å². The maximum absolute atomic E-state index is 14.2. The second-order valence-electron chi connectivity index (χ2n) is 9.57. The molecule has 7 nitrogen and oxygen atoms in total. The number of amides is 2. The van der Waals surface area contributed by atoms with Gasteiger partial charge in [0.2, 0.25) is 11.8 Å². The number of anilines is 1. The lowest BCUT2D eigenvalue weighted by atomic mass is 10.0. The molecule has 0 saturated heterocycles. The fraction of sp³-hybridized carbons (Fsp3) is 0.188. The predicted octanol–water partition coefficient (Wildman–Crippen LogP) is 4.72. The van der Waals surface area contributed by atoms with Gasteiger partial charge in [-0.2, -0.15) is 0 Å². The van der Waals surface area contributed by atoms with Gasteiger partial charge in [-0.1, -0.05) is 72.8 Å². The first kappa shape index (κ1) is 29.5. The van der Waals surface area contributed by atoms with E-state index in [1.54, 1.807) is 30.3 Å². The Morgan fingerprint density at radius 2 is 1.41 bits per heavy atom. The number of rotatable bonds is 11. The Labute approximate surface area is 240 Å². The van der Waals surface area contributed by atoms with Gasteiger partial charge in [-0.25, -0.2) is 12.8 Å². The lowest BCUT2D eigenvalue weighted by Gasteiger charge is -2.34. The van der Waals surface area contributed by atoms with Crippen LogP contribution in [0.1, 0.15) is 16.7 Å². The molecule has 0 heterocycles. The molecule has 0 unspecified atom stereocenters. The maximum Gasteiger partial charge on any atom is 0.264 e. The molecule has 0 aliphatic heterocycles. The van der Waals surface area contributed by atoms with Crippen molar-refractivity contribution in [2.45, 2.75) is 30.8 Å². The Hall–Kier alpha value is -4.50. The van der Waals surface area contributed by atoms with Gasteiger partial charge in [-0.05, 0) is 60.0 Å². The molecular formula is C32H32FN3O4S. The van der Waals surface area contributed by atoms with Gasteiger partial charge in [0.05, 0.1) is 10.6 Å². The molecule has 4 aromatic rings. The van der Waals surface area contributed by atoms with Crippen molar-refractivity contribution in [2.24, 2.45) is 0 Å². The van der Waals surface area contributed by atoms with Crippen molar-refractivity contribution in [3.8, 4) is 0 Å². The predicted molar refractivity (Wildman–Crippen MR) is 157 cm³/mol. The van der Waals surface area contributed by atoms with E-state index in [9.17, 15) is 22.4 Å². The minimum atomic E-state index is -4.27. The van der Waals surface area contributed by atoms with Gasteiger partial charge < -0.3 is 10.2 Å². The second kappa shape index (κ2) is 13.2. The zero-order valence-electron chi connectivity index (χ0n) is 22.9. The minimum Gasteiger partial charge on any atom is -0.357 e. The highest BCUT2D eigenvalue weighted by Gasteiger charge is 2.34. The van der Waals surface area contributed by atoms with E-state index in [1.807, 2.05) is 61.5 Å². The van der Waals surface area contributed by atoms with E-state index < -0.39 is 34.3 Å². The fourth-order valence-electron chi connectivity index (χ4n) is 4.55. The van der Waals surface area contributed by atoms with Crippen molar-refractivity contribution in [3.05, 3.63) is 132 Å². The van der Waals surface area contributed by atoms with Gasteiger partial charge >= 0.3 is 0 Å². The van der Waals surface area contributed by atoms with E-state index in [2.05, 4.69) is 5.32 Å². The lowest BCUT2D eigenvalue weighted by Crippen LogP contribution is -2.53. The van der Waals surface area contributed by atoms with Crippen molar-refractivity contribution in [1.29, 1.82) is 0 Å². The molecule has 4 aromatic carbocycles. The molecular weight excluding hydrogens is 541 g/mol. The summed E-state index contributed by atoms with van der Waals surface area (Å²) in [6, 6.07) is 28.6. The van der Waals surface area contributed by atoms with Crippen LogP contribution in [0.25, 0.3) is 0 Å². The van der Waals surface area contributed by atoms with Gasteiger partial charge in [-0.3, -0.25) is 13.9 Å². The number of benzene rings is 4. The van der Waals surface area contributed by atoms with E-state index >= 15 is 0 Å². The molecule has 0 aliphatic carbocycles. The number of nitrogens with one attached hydrogen (secondary N) is 1. The molecule has 0 fully saturated rings. The molecule has 0 spiro atoms. The van der Waals surface area contributed by atoms with Crippen LogP contribution in [0, 0.1) is 12.7 Å². The summed E-state index contributed by atoms with van der Waals surface area (Å²) in [6.45, 7) is 1.44. The third kappa shape index (κ3) is 7.18. The third-order valence-electron chi connectivity index (χ3n) is 6.84. The number of halogens is 1. The summed E-state index contributed by atoms with van der Waals surface area (Å²) in [4.78, 5) is 28.8. The van der Waals surface area contributed by atoms with Crippen LogP contribution in [0.2, 0.25) is 0 Å². The van der Waals surface area contributed by atoms with Crippen LogP contribution >= 0.6 is 0 Å². The van der Waals surface area contributed by atoms with E-state index in [0.29, 0.717) is 0 Å². The fourth-order valence-corrected chi connectivity index (χ4v) is 5.96. The molecule has 1 atom stereocenters. The van der Waals surface area contributed by atoms with Crippen LogP contribution in [0.3, 0.4) is 0 Å². The topological polar surface area (TPSA) is 86.8 Å². The third-order valence-corrected chi connectivity index (χ3v) is 8.63. The summed E-state index contributed by atoms with van der Waals surface area (Å²) in [5.41, 5.74) is 2.87. The average molecular weight is 574 g/mol. The molecule has 41 heavy (non-hydrogen) atoms. The Morgan fingerprint density at radius 3 is 2.02 bits per heavy atom. The molecule has 0 aliphatic rings. The zero-order chi connectivity index (χ0) is 29.4. The Kier molecular flexibility index (Phi) is 9.52. The molecule has 2 amide bonds. The molecule has 9 heteroatoms. The van der Waals surface area contributed by atoms with Crippen LogP contribution in [0.5, 0.6) is 0 Å². The summed E-state index contributed by atoms with van der Waals surface area (Å²) in [6.07, 6.45) is 0.230. The van der Waals surface area contributed by atoms with Crippen molar-refractivity contribution in [3.63, 3.8) is 0 Å². The lowest BCUT2D eigenvalue weighted by molar-refractivity contribution is -0.139. The van der Waals surface area contributed by atoms with Gasteiger partial charge in [0.1, 0.15) is 18.4 Å². The van der Waals surface area contributed by atoms with Crippen LogP contribution in [-0.2, 0) is 32.6 Å². The number of aryl methyl sites for hydroxylation is 1. The van der Waals surface area contributed by atoms with Gasteiger partial charge in [-0.15, -0.1) is 0 Å². The minimum absolute atomic E-state index is 0.0929. The summed E-state index contributed by atoms with van der Waals surface area (Å²) in [7, 11) is -2.77. The Balaban J connectivity index is 1.78. The molecule has 0 radical (unpaired) electrons. The van der Waals surface area contributed by atoms with E-state index in [4.69, 9.17) is 0 Å².